The summed E-state index contributed by atoms with van der Waals surface area (Å²) in [5.74, 6) is 0.564. The number of halogens is 1. The predicted molar refractivity (Wildman–Crippen MR) is 132 cm³/mol. The Morgan fingerprint density at radius 3 is 2.77 bits per heavy atom. The van der Waals surface area contributed by atoms with Gasteiger partial charge in [-0.05, 0) is 36.8 Å². The van der Waals surface area contributed by atoms with Crippen LogP contribution in [0, 0.1) is 12.7 Å². The largest absolute Gasteiger partial charge is 0.479 e. The van der Waals surface area contributed by atoms with Crippen LogP contribution in [0.1, 0.15) is 21.5 Å². The fraction of sp³-hybridized carbons (Fsp3) is 0.200. The van der Waals surface area contributed by atoms with Gasteiger partial charge in [0.2, 0.25) is 5.88 Å². The van der Waals surface area contributed by atoms with Crippen LogP contribution in [0.5, 0.6) is 17.4 Å². The van der Waals surface area contributed by atoms with Crippen molar-refractivity contribution in [2.45, 2.75) is 13.5 Å². The van der Waals surface area contributed by atoms with Gasteiger partial charge in [0.1, 0.15) is 17.3 Å². The molecule has 0 bridgehead atoms. The van der Waals surface area contributed by atoms with Crippen LogP contribution in [-0.4, -0.2) is 48.3 Å². The molecule has 3 rings (SSSR count). The summed E-state index contributed by atoms with van der Waals surface area (Å²) < 4.78 is 24.7. The zero-order valence-electron chi connectivity index (χ0n) is 20.0. The van der Waals surface area contributed by atoms with Crippen LogP contribution in [-0.2, 0) is 6.54 Å². The first-order valence-corrected chi connectivity index (χ1v) is 10.6. The van der Waals surface area contributed by atoms with E-state index in [-0.39, 0.29) is 18.3 Å². The molecular formula is C25H27FN6O3. The quantitative estimate of drug-likeness (QED) is 0.334. The van der Waals surface area contributed by atoms with E-state index in [0.29, 0.717) is 39.7 Å². The molecule has 0 saturated heterocycles. The monoisotopic (exact) mass is 478 g/mol. The molecule has 0 aliphatic rings. The van der Waals surface area contributed by atoms with E-state index >= 15 is 0 Å². The number of pyridine rings is 2. The molecule has 0 aliphatic heterocycles. The van der Waals surface area contributed by atoms with Gasteiger partial charge in [-0.1, -0.05) is 12.6 Å². The van der Waals surface area contributed by atoms with Crippen molar-refractivity contribution in [3.63, 3.8) is 0 Å². The minimum Gasteiger partial charge on any atom is -0.479 e. The van der Waals surface area contributed by atoms with E-state index in [2.05, 4.69) is 32.3 Å². The molecule has 182 valence electrons. The third-order valence-electron chi connectivity index (χ3n) is 4.73. The molecule has 0 radical (unpaired) electrons. The third-order valence-corrected chi connectivity index (χ3v) is 4.73. The summed E-state index contributed by atoms with van der Waals surface area (Å²) in [5, 5.41) is 11.6. The number of amides is 1. The molecule has 0 atom stereocenters. The Kier molecular flexibility index (Phi) is 8.33. The van der Waals surface area contributed by atoms with Gasteiger partial charge >= 0.3 is 0 Å². The second-order valence-electron chi connectivity index (χ2n) is 7.67. The lowest BCUT2D eigenvalue weighted by Crippen LogP contribution is -2.23. The van der Waals surface area contributed by atoms with E-state index in [1.807, 2.05) is 14.1 Å². The highest BCUT2D eigenvalue weighted by atomic mass is 19.1. The molecular weight excluding hydrogens is 451 g/mol. The first-order valence-electron chi connectivity index (χ1n) is 10.6. The van der Waals surface area contributed by atoms with E-state index in [9.17, 15) is 9.18 Å². The van der Waals surface area contributed by atoms with E-state index < -0.39 is 5.82 Å². The first-order chi connectivity index (χ1) is 16.8. The number of hydrogen-bond donors (Lipinski definition) is 2. The lowest BCUT2D eigenvalue weighted by molar-refractivity contribution is 0.0950. The maximum atomic E-state index is 13.9. The van der Waals surface area contributed by atoms with Crippen LogP contribution in [0.3, 0.4) is 0 Å². The number of methoxy groups -OCH3 is 1. The Morgan fingerprint density at radius 1 is 1.26 bits per heavy atom. The lowest BCUT2D eigenvalue weighted by atomic mass is 10.1. The Balaban J connectivity index is 1.68. The maximum absolute atomic E-state index is 13.9. The molecule has 9 nitrogen and oxygen atoms in total. The number of rotatable bonds is 10. The van der Waals surface area contributed by atoms with Gasteiger partial charge < -0.3 is 25.1 Å². The van der Waals surface area contributed by atoms with Crippen LogP contribution in [0.2, 0.25) is 0 Å². The van der Waals surface area contributed by atoms with Crippen LogP contribution < -0.4 is 20.1 Å². The number of aromatic nitrogens is 2. The summed E-state index contributed by atoms with van der Waals surface area (Å²) in [5.41, 5.74) is 2.16. The van der Waals surface area contributed by atoms with Gasteiger partial charge in [0.25, 0.3) is 5.91 Å². The van der Waals surface area contributed by atoms with Gasteiger partial charge in [0, 0.05) is 50.2 Å². The molecule has 1 amide bonds. The van der Waals surface area contributed by atoms with E-state index in [0.717, 1.165) is 0 Å². The topological polar surface area (TPSA) is 101 Å². The summed E-state index contributed by atoms with van der Waals surface area (Å²) >= 11 is 0. The number of nitrogens with one attached hydrogen (secondary N) is 2. The summed E-state index contributed by atoms with van der Waals surface area (Å²) in [7, 11) is 4.96. The van der Waals surface area contributed by atoms with Crippen molar-refractivity contribution < 1.29 is 18.7 Å². The molecule has 0 saturated carbocycles. The number of allylic oxidation sites excluding steroid dienone is 1. The number of hydrogen-bond acceptors (Lipinski definition) is 8. The molecule has 0 spiro atoms. The molecule has 2 N–H and O–H groups in total. The number of carbonyl (C=O) groups excluding carboxylic acids is 1. The molecule has 0 aliphatic carbocycles. The zero-order chi connectivity index (χ0) is 25.4. The minimum atomic E-state index is -0.592. The number of nitrogens with zero attached hydrogens (tertiary/aromatic N) is 4. The number of anilines is 1. The molecule has 2 heterocycles. The highest BCUT2D eigenvalue weighted by Crippen LogP contribution is 2.28. The summed E-state index contributed by atoms with van der Waals surface area (Å²) in [6.07, 6.45) is 4.63. The molecule has 1 aromatic carbocycles. The first kappa shape index (κ1) is 25.2. The number of carbonyl (C=O) groups is 1. The van der Waals surface area contributed by atoms with Gasteiger partial charge in [0.05, 0.1) is 19.0 Å². The van der Waals surface area contributed by atoms with Crippen LogP contribution in [0.15, 0.2) is 66.2 Å². The van der Waals surface area contributed by atoms with E-state index in [1.54, 1.807) is 54.7 Å². The van der Waals surface area contributed by atoms with E-state index in [4.69, 9.17) is 9.47 Å². The van der Waals surface area contributed by atoms with Crippen molar-refractivity contribution >= 4 is 17.9 Å². The smallest absolute Gasteiger partial charge is 0.251 e. The standard InChI is InChI=1S/C25H27FN6O3/c1-16(13-30-32(3)4)31-23-12-19(9-10-27-23)35-22-8-6-7-20(17(22)2)24(33)28-14-18-11-21(26)25(34-5)29-15-18/h6-13,15H,1,14H2,2-5H3,(H,27,31)(H,28,33)/b30-13-. The fourth-order valence-electron chi connectivity index (χ4n) is 3.01. The average molecular weight is 479 g/mol. The van der Waals surface area contributed by atoms with Crippen molar-refractivity contribution in [3.8, 4) is 17.4 Å². The maximum Gasteiger partial charge on any atom is 0.251 e. The normalized spacial score (nSPS) is 10.7. The van der Waals surface area contributed by atoms with Crippen molar-refractivity contribution in [3.05, 3.63) is 83.6 Å². The molecule has 35 heavy (non-hydrogen) atoms. The SMILES string of the molecule is C=C(/C=N\N(C)C)Nc1cc(Oc2cccc(C(=O)NCc3cnc(OC)c(F)c3)c2C)ccn1. The highest BCUT2D eigenvalue weighted by Gasteiger charge is 2.14. The van der Waals surface area contributed by atoms with Gasteiger partial charge in [-0.3, -0.25) is 4.79 Å². The summed E-state index contributed by atoms with van der Waals surface area (Å²) in [6, 6.07) is 9.88. The minimum absolute atomic E-state index is 0.0961. The number of ether oxygens (including phenoxy) is 2. The van der Waals surface area contributed by atoms with Gasteiger partial charge in [0.15, 0.2) is 5.82 Å². The van der Waals surface area contributed by atoms with Crippen molar-refractivity contribution in [1.82, 2.24) is 20.3 Å². The third kappa shape index (κ3) is 7.00. The highest BCUT2D eigenvalue weighted by molar-refractivity contribution is 5.96. The molecule has 0 fully saturated rings. The van der Waals surface area contributed by atoms with Crippen LogP contribution in [0.4, 0.5) is 10.2 Å². The van der Waals surface area contributed by atoms with Crippen molar-refractivity contribution in [2.75, 3.05) is 26.5 Å². The van der Waals surface area contributed by atoms with Gasteiger partial charge in [-0.15, -0.1) is 0 Å². The Bertz CT molecular complexity index is 1250. The van der Waals surface area contributed by atoms with Crippen molar-refractivity contribution in [1.29, 1.82) is 0 Å². The van der Waals surface area contributed by atoms with Gasteiger partial charge in [-0.2, -0.15) is 5.10 Å². The average Bonchev–Trinajstić information content (AvgIpc) is 2.83. The molecule has 10 heteroatoms. The van der Waals surface area contributed by atoms with Gasteiger partial charge in [-0.25, -0.2) is 14.4 Å². The Hall–Kier alpha value is -4.47. The number of benzene rings is 1. The fourth-order valence-corrected chi connectivity index (χ4v) is 3.01. The van der Waals surface area contributed by atoms with Crippen LogP contribution >= 0.6 is 0 Å². The summed E-state index contributed by atoms with van der Waals surface area (Å²) in [4.78, 5) is 20.9. The predicted octanol–water partition coefficient (Wildman–Crippen LogP) is 4.13. The molecule has 3 aromatic rings. The van der Waals surface area contributed by atoms with Crippen molar-refractivity contribution in [2.24, 2.45) is 5.10 Å². The molecule has 2 aromatic heterocycles. The van der Waals surface area contributed by atoms with Crippen LogP contribution in [0.25, 0.3) is 0 Å². The second-order valence-corrected chi connectivity index (χ2v) is 7.67. The number of hydrazone groups is 1. The molecule has 0 unspecified atom stereocenters. The zero-order valence-corrected chi connectivity index (χ0v) is 20.0. The second kappa shape index (κ2) is 11.6. The lowest BCUT2D eigenvalue weighted by Gasteiger charge is -2.14. The van der Waals surface area contributed by atoms with E-state index in [1.165, 1.54) is 19.4 Å². The Morgan fingerprint density at radius 2 is 2.06 bits per heavy atom. The Labute approximate surface area is 203 Å². The summed E-state index contributed by atoms with van der Waals surface area (Å²) in [6.45, 7) is 5.79.